The number of carbonyl (C=O) groups is 1. The van der Waals surface area contributed by atoms with Crippen LogP contribution in [0.15, 0.2) is 24.5 Å². The number of aromatic nitrogens is 3. The van der Waals surface area contributed by atoms with Crippen LogP contribution < -0.4 is 10.1 Å². The summed E-state index contributed by atoms with van der Waals surface area (Å²) in [4.78, 5) is 18.1. The fraction of sp³-hybridized carbons (Fsp3) is 0.438. The Kier molecular flexibility index (Phi) is 4.45. The van der Waals surface area contributed by atoms with E-state index < -0.39 is 0 Å². The number of likely N-dealkylation sites (tertiary alicyclic amines) is 1. The van der Waals surface area contributed by atoms with Gasteiger partial charge in [-0.15, -0.1) is 0 Å². The van der Waals surface area contributed by atoms with Gasteiger partial charge in [0.15, 0.2) is 0 Å². The Morgan fingerprint density at radius 2 is 2.39 bits per heavy atom. The summed E-state index contributed by atoms with van der Waals surface area (Å²) in [6.07, 6.45) is 4.24. The summed E-state index contributed by atoms with van der Waals surface area (Å²) in [7, 11) is 0. The normalized spacial score (nSPS) is 17.3. The van der Waals surface area contributed by atoms with E-state index in [9.17, 15) is 4.79 Å². The molecule has 2 aromatic rings. The van der Waals surface area contributed by atoms with Gasteiger partial charge in [0.25, 0.3) is 0 Å². The van der Waals surface area contributed by atoms with Crippen molar-refractivity contribution in [1.82, 2.24) is 25.4 Å². The zero-order valence-corrected chi connectivity index (χ0v) is 13.4. The van der Waals surface area contributed by atoms with E-state index in [2.05, 4.69) is 20.5 Å². The van der Waals surface area contributed by atoms with E-state index in [1.54, 1.807) is 17.3 Å². The van der Waals surface area contributed by atoms with Gasteiger partial charge in [0, 0.05) is 37.0 Å². The minimum absolute atomic E-state index is 0.0161. The SMILES string of the molecule is Cc1n[nH]c(C)c1CNC(=O)N1CC[C@@H](Oc2cccnc2)C1. The predicted molar refractivity (Wildman–Crippen MR) is 85.1 cm³/mol. The summed E-state index contributed by atoms with van der Waals surface area (Å²) in [6, 6.07) is 3.65. The molecule has 7 nitrogen and oxygen atoms in total. The molecule has 1 fully saturated rings. The average Bonchev–Trinajstić information content (AvgIpc) is 3.14. The largest absolute Gasteiger partial charge is 0.487 e. The third-order valence-electron chi connectivity index (χ3n) is 4.07. The Morgan fingerprint density at radius 3 is 3.09 bits per heavy atom. The van der Waals surface area contributed by atoms with E-state index in [1.807, 2.05) is 26.0 Å². The van der Waals surface area contributed by atoms with E-state index in [-0.39, 0.29) is 12.1 Å². The molecule has 0 radical (unpaired) electrons. The van der Waals surface area contributed by atoms with Crippen LogP contribution in [0.3, 0.4) is 0 Å². The van der Waals surface area contributed by atoms with Crippen molar-refractivity contribution < 1.29 is 9.53 Å². The van der Waals surface area contributed by atoms with Crippen LogP contribution in [0.4, 0.5) is 4.79 Å². The number of ether oxygens (including phenoxy) is 1. The number of aryl methyl sites for hydroxylation is 2. The van der Waals surface area contributed by atoms with Crippen LogP contribution in [-0.4, -0.2) is 45.3 Å². The van der Waals surface area contributed by atoms with Crippen LogP contribution >= 0.6 is 0 Å². The lowest BCUT2D eigenvalue weighted by atomic mass is 10.2. The molecule has 0 aliphatic carbocycles. The second kappa shape index (κ2) is 6.68. The molecule has 0 aromatic carbocycles. The van der Waals surface area contributed by atoms with Crippen molar-refractivity contribution in [3.63, 3.8) is 0 Å². The van der Waals surface area contributed by atoms with E-state index in [4.69, 9.17) is 4.74 Å². The molecule has 1 atom stereocenters. The number of urea groups is 1. The van der Waals surface area contributed by atoms with Crippen molar-refractivity contribution in [2.45, 2.75) is 32.9 Å². The molecule has 2 aromatic heterocycles. The average molecular weight is 315 g/mol. The summed E-state index contributed by atoms with van der Waals surface area (Å²) in [5, 5.41) is 10.0. The van der Waals surface area contributed by atoms with Crippen LogP contribution in [0.2, 0.25) is 0 Å². The fourth-order valence-electron chi connectivity index (χ4n) is 2.73. The second-order valence-electron chi connectivity index (χ2n) is 5.73. The van der Waals surface area contributed by atoms with E-state index in [0.29, 0.717) is 19.6 Å². The zero-order chi connectivity index (χ0) is 16.2. The van der Waals surface area contributed by atoms with Gasteiger partial charge in [0.1, 0.15) is 11.9 Å². The van der Waals surface area contributed by atoms with Crippen molar-refractivity contribution in [1.29, 1.82) is 0 Å². The maximum Gasteiger partial charge on any atom is 0.317 e. The van der Waals surface area contributed by atoms with Gasteiger partial charge >= 0.3 is 6.03 Å². The zero-order valence-electron chi connectivity index (χ0n) is 13.4. The highest BCUT2D eigenvalue weighted by Crippen LogP contribution is 2.17. The third kappa shape index (κ3) is 3.61. The molecule has 2 amide bonds. The van der Waals surface area contributed by atoms with Gasteiger partial charge in [-0.3, -0.25) is 10.1 Å². The van der Waals surface area contributed by atoms with Crippen LogP contribution in [0.5, 0.6) is 5.75 Å². The molecule has 0 bridgehead atoms. The molecule has 23 heavy (non-hydrogen) atoms. The van der Waals surface area contributed by atoms with Gasteiger partial charge in [0.2, 0.25) is 0 Å². The highest BCUT2D eigenvalue weighted by atomic mass is 16.5. The van der Waals surface area contributed by atoms with Gasteiger partial charge in [0.05, 0.1) is 18.4 Å². The second-order valence-corrected chi connectivity index (χ2v) is 5.73. The molecule has 1 saturated heterocycles. The molecule has 0 saturated carbocycles. The van der Waals surface area contributed by atoms with Crippen LogP contribution in [-0.2, 0) is 6.54 Å². The fourth-order valence-corrected chi connectivity index (χ4v) is 2.73. The highest BCUT2D eigenvalue weighted by Gasteiger charge is 2.27. The Labute approximate surface area is 135 Å². The van der Waals surface area contributed by atoms with Crippen molar-refractivity contribution >= 4 is 6.03 Å². The van der Waals surface area contributed by atoms with Crippen LogP contribution in [0, 0.1) is 13.8 Å². The van der Waals surface area contributed by atoms with E-state index in [1.165, 1.54) is 0 Å². The molecule has 7 heteroatoms. The van der Waals surface area contributed by atoms with E-state index >= 15 is 0 Å². The number of aromatic amines is 1. The number of hydrogen-bond donors (Lipinski definition) is 2. The summed E-state index contributed by atoms with van der Waals surface area (Å²) >= 11 is 0. The lowest BCUT2D eigenvalue weighted by Gasteiger charge is -2.18. The first-order valence-electron chi connectivity index (χ1n) is 7.73. The standard InChI is InChI=1S/C16H21N5O2/c1-11-15(12(2)20-19-11)9-18-16(22)21-7-5-14(10-21)23-13-4-3-6-17-8-13/h3-4,6,8,14H,5,7,9-10H2,1-2H3,(H,18,22)(H,19,20)/t14-/m1/s1. The summed E-state index contributed by atoms with van der Waals surface area (Å²) in [6.45, 7) is 5.65. The number of pyridine rings is 1. The Balaban J connectivity index is 1.49. The molecular weight excluding hydrogens is 294 g/mol. The lowest BCUT2D eigenvalue weighted by Crippen LogP contribution is -2.39. The molecule has 1 aliphatic rings. The number of amides is 2. The predicted octanol–water partition coefficient (Wildman–Crippen LogP) is 1.78. The Hall–Kier alpha value is -2.57. The smallest absolute Gasteiger partial charge is 0.317 e. The number of rotatable bonds is 4. The molecule has 0 spiro atoms. The van der Waals surface area contributed by atoms with Gasteiger partial charge in [-0.25, -0.2) is 4.79 Å². The first-order valence-corrected chi connectivity index (χ1v) is 7.73. The van der Waals surface area contributed by atoms with Gasteiger partial charge in [-0.05, 0) is 26.0 Å². The number of carbonyl (C=O) groups excluding carboxylic acids is 1. The summed E-state index contributed by atoms with van der Waals surface area (Å²) in [5.41, 5.74) is 2.95. The van der Waals surface area contributed by atoms with Crippen molar-refractivity contribution in [3.05, 3.63) is 41.5 Å². The number of H-pyrrole nitrogens is 1. The van der Waals surface area contributed by atoms with Crippen LogP contribution in [0.25, 0.3) is 0 Å². The van der Waals surface area contributed by atoms with Gasteiger partial charge < -0.3 is 15.0 Å². The molecule has 2 N–H and O–H groups in total. The maximum atomic E-state index is 12.3. The molecule has 122 valence electrons. The lowest BCUT2D eigenvalue weighted by molar-refractivity contribution is 0.186. The van der Waals surface area contributed by atoms with Crippen molar-refractivity contribution in [2.75, 3.05) is 13.1 Å². The first-order chi connectivity index (χ1) is 11.1. The Morgan fingerprint density at radius 1 is 1.52 bits per heavy atom. The van der Waals surface area contributed by atoms with E-state index in [0.717, 1.165) is 29.1 Å². The summed E-state index contributed by atoms with van der Waals surface area (Å²) < 4.78 is 5.85. The minimum Gasteiger partial charge on any atom is -0.487 e. The number of nitrogens with zero attached hydrogens (tertiary/aromatic N) is 3. The summed E-state index contributed by atoms with van der Waals surface area (Å²) in [5.74, 6) is 0.740. The minimum atomic E-state index is -0.0673. The van der Waals surface area contributed by atoms with Gasteiger partial charge in [-0.1, -0.05) is 0 Å². The number of nitrogens with one attached hydrogen (secondary N) is 2. The van der Waals surface area contributed by atoms with Crippen molar-refractivity contribution in [3.8, 4) is 5.75 Å². The quantitative estimate of drug-likeness (QED) is 0.901. The van der Waals surface area contributed by atoms with Crippen LogP contribution in [0.1, 0.15) is 23.4 Å². The topological polar surface area (TPSA) is 83.1 Å². The molecule has 3 heterocycles. The van der Waals surface area contributed by atoms with Crippen molar-refractivity contribution in [2.24, 2.45) is 0 Å². The Bertz CT molecular complexity index is 651. The molecule has 1 aliphatic heterocycles. The maximum absolute atomic E-state index is 12.3. The molecule has 0 unspecified atom stereocenters. The highest BCUT2D eigenvalue weighted by molar-refractivity contribution is 5.74. The monoisotopic (exact) mass is 315 g/mol. The number of hydrogen-bond acceptors (Lipinski definition) is 4. The molecule has 3 rings (SSSR count). The molecular formula is C16H21N5O2. The van der Waals surface area contributed by atoms with Gasteiger partial charge in [-0.2, -0.15) is 5.10 Å². The third-order valence-corrected chi connectivity index (χ3v) is 4.07. The first kappa shape index (κ1) is 15.3.